The van der Waals surface area contributed by atoms with E-state index in [1.54, 1.807) is 6.07 Å². The van der Waals surface area contributed by atoms with Crippen molar-refractivity contribution in [2.24, 2.45) is 0 Å². The van der Waals surface area contributed by atoms with Crippen LogP contribution >= 0.6 is 0 Å². The Balaban J connectivity index is 1.63. The van der Waals surface area contributed by atoms with Crippen LogP contribution in [0, 0.1) is 11.3 Å². The quantitative estimate of drug-likeness (QED) is 0.875. The molecule has 0 radical (unpaired) electrons. The Labute approximate surface area is 112 Å². The van der Waals surface area contributed by atoms with Gasteiger partial charge in [0.25, 0.3) is 0 Å². The van der Waals surface area contributed by atoms with Gasteiger partial charge in [0.2, 0.25) is 6.79 Å². The Morgan fingerprint density at radius 1 is 1.42 bits per heavy atom. The molecule has 3 rings (SSSR count). The lowest BCUT2D eigenvalue weighted by atomic mass is 10.1. The molecule has 0 amide bonds. The first-order valence-electron chi connectivity index (χ1n) is 6.40. The predicted molar refractivity (Wildman–Crippen MR) is 68.2 cm³/mol. The van der Waals surface area contributed by atoms with Gasteiger partial charge in [0.15, 0.2) is 11.5 Å². The fourth-order valence-electron chi connectivity index (χ4n) is 1.98. The van der Waals surface area contributed by atoms with Crippen LogP contribution in [0.15, 0.2) is 18.2 Å². The third-order valence-corrected chi connectivity index (χ3v) is 3.22. The molecule has 1 heterocycles. The van der Waals surface area contributed by atoms with Gasteiger partial charge in [0.05, 0.1) is 6.07 Å². The summed E-state index contributed by atoms with van der Waals surface area (Å²) in [7, 11) is 0. The lowest BCUT2D eigenvalue weighted by Crippen LogP contribution is -2.47. The van der Waals surface area contributed by atoms with Crippen LogP contribution in [0.5, 0.6) is 17.2 Å². The van der Waals surface area contributed by atoms with Crippen LogP contribution in [0.1, 0.15) is 19.8 Å². The summed E-state index contributed by atoms with van der Waals surface area (Å²) in [5, 5.41) is 12.6. The van der Waals surface area contributed by atoms with Gasteiger partial charge in [-0.2, -0.15) is 5.26 Å². The van der Waals surface area contributed by atoms with Gasteiger partial charge in [-0.25, -0.2) is 0 Å². The summed E-state index contributed by atoms with van der Waals surface area (Å²) in [4.78, 5) is 0. The fourth-order valence-corrected chi connectivity index (χ4v) is 1.98. The second-order valence-electron chi connectivity index (χ2n) is 5.17. The molecule has 5 heteroatoms. The smallest absolute Gasteiger partial charge is 0.231 e. The van der Waals surface area contributed by atoms with E-state index in [1.807, 2.05) is 19.1 Å². The molecule has 1 unspecified atom stereocenters. The average Bonchev–Trinajstić information content (AvgIpc) is 3.10. The van der Waals surface area contributed by atoms with Gasteiger partial charge in [-0.3, -0.25) is 5.32 Å². The van der Waals surface area contributed by atoms with E-state index >= 15 is 0 Å². The molecule has 0 bridgehead atoms. The first-order valence-corrected chi connectivity index (χ1v) is 6.40. The van der Waals surface area contributed by atoms with Crippen molar-refractivity contribution in [3.8, 4) is 23.3 Å². The van der Waals surface area contributed by atoms with Gasteiger partial charge < -0.3 is 14.2 Å². The number of hydrogen-bond acceptors (Lipinski definition) is 5. The van der Waals surface area contributed by atoms with Gasteiger partial charge in [0, 0.05) is 12.1 Å². The first kappa shape index (κ1) is 12.1. The lowest BCUT2D eigenvalue weighted by molar-refractivity contribution is 0.173. The number of benzene rings is 1. The van der Waals surface area contributed by atoms with Crippen LogP contribution in [0.2, 0.25) is 0 Å². The van der Waals surface area contributed by atoms with E-state index in [4.69, 9.17) is 14.2 Å². The molecular weight excluding hydrogens is 244 g/mol. The molecule has 1 aliphatic carbocycles. The average molecular weight is 260 g/mol. The summed E-state index contributed by atoms with van der Waals surface area (Å²) < 4.78 is 16.2. The van der Waals surface area contributed by atoms with Gasteiger partial charge in [-0.15, -0.1) is 0 Å². The van der Waals surface area contributed by atoms with Crippen molar-refractivity contribution in [3.63, 3.8) is 0 Å². The van der Waals surface area contributed by atoms with Crippen molar-refractivity contribution < 1.29 is 14.2 Å². The molecule has 5 nitrogen and oxygen atoms in total. The van der Waals surface area contributed by atoms with Crippen LogP contribution in [0.4, 0.5) is 0 Å². The molecule has 19 heavy (non-hydrogen) atoms. The molecule has 1 aromatic carbocycles. The molecule has 0 spiro atoms. The molecule has 1 N–H and O–H groups in total. The molecule has 1 saturated carbocycles. The van der Waals surface area contributed by atoms with Gasteiger partial charge >= 0.3 is 0 Å². The van der Waals surface area contributed by atoms with Gasteiger partial charge in [-0.05, 0) is 31.9 Å². The second kappa shape index (κ2) is 4.63. The molecule has 1 atom stereocenters. The number of nitriles is 1. The van der Waals surface area contributed by atoms with Gasteiger partial charge in [0.1, 0.15) is 17.9 Å². The standard InChI is InChI=1S/C14H16N2O3/c1-14(7-15,16-10-2-3-10)8-17-11-4-5-12-13(6-11)19-9-18-12/h4-6,10,16H,2-3,8-9H2,1H3. The SMILES string of the molecule is CC(C#N)(COc1ccc2c(c1)OCO2)NC1CC1. The Kier molecular flexibility index (Phi) is 2.96. The van der Waals surface area contributed by atoms with Crippen molar-refractivity contribution in [3.05, 3.63) is 18.2 Å². The zero-order valence-corrected chi connectivity index (χ0v) is 10.8. The molecule has 0 aromatic heterocycles. The minimum Gasteiger partial charge on any atom is -0.490 e. The van der Waals surface area contributed by atoms with Crippen LogP contribution < -0.4 is 19.5 Å². The number of fused-ring (bicyclic) bond motifs is 1. The molecule has 1 aliphatic heterocycles. The monoisotopic (exact) mass is 260 g/mol. The second-order valence-corrected chi connectivity index (χ2v) is 5.17. The summed E-state index contributed by atoms with van der Waals surface area (Å²) in [6, 6.07) is 8.17. The molecule has 0 saturated heterocycles. The van der Waals surface area contributed by atoms with E-state index in [9.17, 15) is 5.26 Å². The van der Waals surface area contributed by atoms with Crippen molar-refractivity contribution in [2.45, 2.75) is 31.3 Å². The van der Waals surface area contributed by atoms with Crippen LogP contribution in [-0.4, -0.2) is 25.0 Å². The van der Waals surface area contributed by atoms with Crippen molar-refractivity contribution in [1.29, 1.82) is 5.26 Å². The van der Waals surface area contributed by atoms with Crippen LogP contribution in [-0.2, 0) is 0 Å². The summed E-state index contributed by atoms with van der Waals surface area (Å²) in [5.74, 6) is 2.10. The number of nitrogens with one attached hydrogen (secondary N) is 1. The Morgan fingerprint density at radius 2 is 2.21 bits per heavy atom. The number of ether oxygens (including phenoxy) is 3. The summed E-state index contributed by atoms with van der Waals surface area (Å²) in [6.07, 6.45) is 2.28. The maximum Gasteiger partial charge on any atom is 0.231 e. The number of nitrogens with zero attached hydrogens (tertiary/aromatic N) is 1. The zero-order valence-electron chi connectivity index (χ0n) is 10.8. The molecule has 2 aliphatic rings. The van der Waals surface area contributed by atoms with Crippen molar-refractivity contribution in [2.75, 3.05) is 13.4 Å². The minimum absolute atomic E-state index is 0.248. The van der Waals surface area contributed by atoms with Crippen molar-refractivity contribution >= 4 is 0 Å². The van der Waals surface area contributed by atoms with E-state index in [0.717, 1.165) is 18.6 Å². The maximum absolute atomic E-state index is 9.26. The Morgan fingerprint density at radius 3 is 2.95 bits per heavy atom. The highest BCUT2D eigenvalue weighted by atomic mass is 16.7. The highest BCUT2D eigenvalue weighted by Crippen LogP contribution is 2.35. The Bertz CT molecular complexity index is 522. The topological polar surface area (TPSA) is 63.5 Å². The molecule has 100 valence electrons. The van der Waals surface area contributed by atoms with E-state index in [-0.39, 0.29) is 6.79 Å². The molecular formula is C14H16N2O3. The summed E-state index contributed by atoms with van der Waals surface area (Å²) in [6.45, 7) is 2.41. The van der Waals surface area contributed by atoms with E-state index < -0.39 is 5.54 Å². The van der Waals surface area contributed by atoms with E-state index in [0.29, 0.717) is 24.1 Å². The van der Waals surface area contributed by atoms with E-state index in [2.05, 4.69) is 11.4 Å². The predicted octanol–water partition coefficient (Wildman–Crippen LogP) is 1.83. The zero-order chi connectivity index (χ0) is 13.3. The first-order chi connectivity index (χ1) is 9.18. The fraction of sp³-hybridized carbons (Fsp3) is 0.500. The maximum atomic E-state index is 9.26. The normalized spacial score (nSPS) is 19.6. The highest BCUT2D eigenvalue weighted by molar-refractivity contribution is 5.46. The number of hydrogen-bond donors (Lipinski definition) is 1. The van der Waals surface area contributed by atoms with Crippen LogP contribution in [0.3, 0.4) is 0 Å². The third kappa shape index (κ3) is 2.74. The summed E-state index contributed by atoms with van der Waals surface area (Å²) >= 11 is 0. The minimum atomic E-state index is -0.655. The summed E-state index contributed by atoms with van der Waals surface area (Å²) in [5.41, 5.74) is -0.655. The Hall–Kier alpha value is -1.93. The number of rotatable bonds is 5. The third-order valence-electron chi connectivity index (χ3n) is 3.22. The van der Waals surface area contributed by atoms with Crippen LogP contribution in [0.25, 0.3) is 0 Å². The van der Waals surface area contributed by atoms with E-state index in [1.165, 1.54) is 0 Å². The lowest BCUT2D eigenvalue weighted by Gasteiger charge is -2.23. The van der Waals surface area contributed by atoms with Gasteiger partial charge in [-0.1, -0.05) is 0 Å². The highest BCUT2D eigenvalue weighted by Gasteiger charge is 2.33. The largest absolute Gasteiger partial charge is 0.490 e. The molecule has 1 fully saturated rings. The molecule has 1 aromatic rings. The van der Waals surface area contributed by atoms with Crippen molar-refractivity contribution in [1.82, 2.24) is 5.32 Å².